The lowest BCUT2D eigenvalue weighted by atomic mass is 10.1. The second-order valence-electron chi connectivity index (χ2n) is 14.8. The SMILES string of the molecule is CCn1c[n+](C)cc1-c1c2nc(c(-c3c[n+](C)cn3CC)c3ccc([nH]3)c(-c3c[n+](C)cn3CC)c3nc(c(-c4c[n+](C)cn4CC)c4ccc1[nH]4)C=C3)C=C2. The first-order chi connectivity index (χ1) is 27.2. The van der Waals surface area contributed by atoms with Crippen molar-refractivity contribution in [2.24, 2.45) is 28.2 Å². The Hall–Kier alpha value is -6.56. The van der Waals surface area contributed by atoms with Gasteiger partial charge in [-0.15, -0.1) is 0 Å². The van der Waals surface area contributed by atoms with E-state index >= 15 is 0 Å². The van der Waals surface area contributed by atoms with Crippen LogP contribution in [-0.4, -0.2) is 38.2 Å². The second kappa shape index (κ2) is 13.6. The number of hydrogen-bond acceptors (Lipinski definition) is 2. The van der Waals surface area contributed by atoms with Crippen molar-refractivity contribution < 1.29 is 18.3 Å². The highest BCUT2D eigenvalue weighted by Crippen LogP contribution is 2.38. The molecule has 0 saturated heterocycles. The van der Waals surface area contributed by atoms with Gasteiger partial charge in [-0.25, -0.2) is 46.5 Å². The topological polar surface area (TPSA) is 92.6 Å². The Morgan fingerprint density at radius 1 is 0.411 bits per heavy atom. The number of nitrogens with zero attached hydrogens (tertiary/aromatic N) is 10. The maximum Gasteiger partial charge on any atom is 0.244 e. The predicted molar refractivity (Wildman–Crippen MR) is 220 cm³/mol. The third kappa shape index (κ3) is 5.75. The van der Waals surface area contributed by atoms with Crippen molar-refractivity contribution in [3.05, 3.63) is 97.1 Å². The van der Waals surface area contributed by atoms with E-state index in [1.165, 1.54) is 0 Å². The first-order valence-electron chi connectivity index (χ1n) is 19.6. The summed E-state index contributed by atoms with van der Waals surface area (Å²) in [7, 11) is 8.32. The van der Waals surface area contributed by atoms with Crippen molar-refractivity contribution in [1.29, 1.82) is 0 Å². The van der Waals surface area contributed by atoms with Crippen LogP contribution in [0.1, 0.15) is 50.5 Å². The zero-order valence-electron chi connectivity index (χ0n) is 33.5. The standard InChI is InChI=1S/C44H50N12/c1-9-53-25-49(5)21-37(53)41-29-13-15-31(45-29)42(38-22-50(6)26-54(38)10-2)33-17-19-35(47-33)44(40-24-52(8)28-56(40)12-4)36-20-18-34(48-36)43(32-16-14-30(41)46-32)39-23-51(7)27-55(39)11-3/h13-28,45,48H,9-12H2,1-8H3/q+4. The number of nitrogens with one attached hydrogen (secondary N) is 2. The fraction of sp³-hybridized carbons (Fsp3) is 0.273. The monoisotopic (exact) mass is 746 g/mol. The highest BCUT2D eigenvalue weighted by molar-refractivity contribution is 5.98. The van der Waals surface area contributed by atoms with Gasteiger partial charge in [0.1, 0.15) is 24.8 Å². The number of aryl methyl sites for hydroxylation is 8. The Bertz CT molecular complexity index is 2530. The van der Waals surface area contributed by atoms with Crippen molar-refractivity contribution in [3.8, 4) is 45.0 Å². The molecule has 2 N–H and O–H groups in total. The smallest absolute Gasteiger partial charge is 0.244 e. The Morgan fingerprint density at radius 3 is 0.857 bits per heavy atom. The lowest BCUT2D eigenvalue weighted by Crippen LogP contribution is -2.23. The number of fused-ring (bicyclic) bond motifs is 8. The van der Waals surface area contributed by atoms with Gasteiger partial charge in [-0.2, -0.15) is 0 Å². The number of aromatic amines is 2. The molecular weight excluding hydrogens is 697 g/mol. The minimum Gasteiger partial charge on any atom is -0.354 e. The molecule has 0 unspecified atom stereocenters. The molecule has 12 nitrogen and oxygen atoms in total. The Kier molecular flexibility index (Phi) is 8.56. The molecule has 9 rings (SSSR count). The normalized spacial score (nSPS) is 12.4. The molecule has 2 aliphatic rings. The summed E-state index contributed by atoms with van der Waals surface area (Å²) < 4.78 is 17.6. The predicted octanol–water partition coefficient (Wildman–Crippen LogP) is 5.91. The van der Waals surface area contributed by atoms with Crippen LogP contribution < -0.4 is 18.3 Å². The van der Waals surface area contributed by atoms with Crippen LogP contribution in [0.3, 0.4) is 0 Å². The molecule has 0 fully saturated rings. The van der Waals surface area contributed by atoms with Crippen LogP contribution in [0.4, 0.5) is 0 Å². The van der Waals surface area contributed by atoms with Gasteiger partial charge < -0.3 is 9.97 Å². The second-order valence-corrected chi connectivity index (χ2v) is 14.8. The van der Waals surface area contributed by atoms with Gasteiger partial charge in [-0.05, 0) is 76.3 Å². The van der Waals surface area contributed by atoms with Gasteiger partial charge in [0.25, 0.3) is 0 Å². The molecule has 56 heavy (non-hydrogen) atoms. The van der Waals surface area contributed by atoms with E-state index in [9.17, 15) is 0 Å². The molecule has 2 aliphatic heterocycles. The minimum absolute atomic E-state index is 0.820. The summed E-state index contributed by atoms with van der Waals surface area (Å²) >= 11 is 0. The first-order valence-corrected chi connectivity index (χ1v) is 19.6. The van der Waals surface area contributed by atoms with E-state index in [1.54, 1.807) is 0 Å². The molecule has 7 aromatic heterocycles. The van der Waals surface area contributed by atoms with E-state index in [0.29, 0.717) is 0 Å². The molecular formula is C44H50N12+4. The van der Waals surface area contributed by atoms with Crippen molar-refractivity contribution >= 4 is 46.4 Å². The van der Waals surface area contributed by atoms with Crippen LogP contribution in [0.2, 0.25) is 0 Å². The van der Waals surface area contributed by atoms with E-state index in [2.05, 4.69) is 201 Å². The van der Waals surface area contributed by atoms with E-state index in [-0.39, 0.29) is 0 Å². The van der Waals surface area contributed by atoms with E-state index in [1.807, 2.05) is 0 Å². The number of H-pyrrole nitrogens is 2. The number of hydrogen-bond donors (Lipinski definition) is 2. The van der Waals surface area contributed by atoms with Crippen LogP contribution in [0.5, 0.6) is 0 Å². The molecule has 0 aromatic carbocycles. The first kappa shape index (κ1) is 35.2. The van der Waals surface area contributed by atoms with Gasteiger partial charge >= 0.3 is 0 Å². The summed E-state index contributed by atoms with van der Waals surface area (Å²) in [6, 6.07) is 8.79. The van der Waals surface area contributed by atoms with Gasteiger partial charge in [0, 0.05) is 0 Å². The summed E-state index contributed by atoms with van der Waals surface area (Å²) in [4.78, 5) is 18.9. The molecule has 9 heterocycles. The lowest BCUT2D eigenvalue weighted by Gasteiger charge is -2.04. The molecule has 0 saturated carbocycles. The van der Waals surface area contributed by atoms with Crippen molar-refractivity contribution in [2.75, 3.05) is 0 Å². The van der Waals surface area contributed by atoms with Crippen LogP contribution in [0.25, 0.3) is 91.4 Å². The maximum absolute atomic E-state index is 5.52. The molecule has 0 spiro atoms. The number of imidazole rings is 4. The van der Waals surface area contributed by atoms with Crippen molar-refractivity contribution in [3.63, 3.8) is 0 Å². The highest BCUT2D eigenvalue weighted by Gasteiger charge is 2.27. The van der Waals surface area contributed by atoms with E-state index in [0.717, 1.165) is 116 Å². The van der Waals surface area contributed by atoms with E-state index < -0.39 is 0 Å². The lowest BCUT2D eigenvalue weighted by molar-refractivity contribution is -0.670. The summed E-state index contributed by atoms with van der Waals surface area (Å²) in [5, 5.41) is 0. The molecule has 12 heteroatoms. The number of aromatic nitrogens is 12. The summed E-state index contributed by atoms with van der Waals surface area (Å²) in [6.07, 6.45) is 26.0. The zero-order chi connectivity index (χ0) is 38.8. The largest absolute Gasteiger partial charge is 0.354 e. The van der Waals surface area contributed by atoms with Gasteiger partial charge in [0.15, 0.2) is 22.8 Å². The fourth-order valence-corrected chi connectivity index (χ4v) is 8.45. The quantitative estimate of drug-likeness (QED) is 0.190. The molecule has 0 atom stereocenters. The van der Waals surface area contributed by atoms with Crippen LogP contribution >= 0.6 is 0 Å². The molecule has 7 aromatic rings. The van der Waals surface area contributed by atoms with E-state index in [4.69, 9.17) is 9.97 Å². The zero-order valence-corrected chi connectivity index (χ0v) is 33.5. The minimum atomic E-state index is 0.820. The van der Waals surface area contributed by atoms with Crippen molar-refractivity contribution in [2.45, 2.75) is 53.9 Å². The molecule has 0 radical (unpaired) electrons. The Labute approximate surface area is 326 Å². The summed E-state index contributed by atoms with van der Waals surface area (Å²) in [5.74, 6) is 0. The average Bonchev–Trinajstić information content (AvgIpc) is 4.03. The summed E-state index contributed by atoms with van der Waals surface area (Å²) in [6.45, 7) is 12.0. The molecule has 0 amide bonds. The Morgan fingerprint density at radius 2 is 0.643 bits per heavy atom. The molecule has 8 bridgehead atoms. The summed E-state index contributed by atoms with van der Waals surface area (Å²) in [5.41, 5.74) is 16.1. The molecule has 282 valence electrons. The van der Waals surface area contributed by atoms with Crippen LogP contribution in [-0.2, 0) is 54.4 Å². The van der Waals surface area contributed by atoms with Crippen LogP contribution in [0, 0.1) is 0 Å². The highest BCUT2D eigenvalue weighted by atomic mass is 15.1. The number of rotatable bonds is 8. The third-order valence-electron chi connectivity index (χ3n) is 11.0. The van der Waals surface area contributed by atoms with Crippen LogP contribution in [0.15, 0.2) is 74.4 Å². The fourth-order valence-electron chi connectivity index (χ4n) is 8.45. The van der Waals surface area contributed by atoms with Gasteiger partial charge in [0.2, 0.25) is 25.3 Å². The average molecular weight is 747 g/mol. The molecule has 0 aliphatic carbocycles. The van der Waals surface area contributed by atoms with Gasteiger partial charge in [-0.3, -0.25) is 0 Å². The van der Waals surface area contributed by atoms with Gasteiger partial charge in [0.05, 0.1) is 121 Å². The third-order valence-corrected chi connectivity index (χ3v) is 11.0. The van der Waals surface area contributed by atoms with Gasteiger partial charge in [-0.1, -0.05) is 0 Å². The maximum atomic E-state index is 5.52. The Balaban J connectivity index is 1.51. The van der Waals surface area contributed by atoms with Crippen molar-refractivity contribution in [1.82, 2.24) is 38.2 Å².